The maximum atomic E-state index is 13.7. The lowest BCUT2D eigenvalue weighted by Gasteiger charge is -2.29. The van der Waals surface area contributed by atoms with Gasteiger partial charge in [0.25, 0.3) is 5.91 Å². The minimum absolute atomic E-state index is 0.0584. The van der Waals surface area contributed by atoms with Crippen molar-refractivity contribution < 1.29 is 4.79 Å². The summed E-state index contributed by atoms with van der Waals surface area (Å²) in [6.45, 7) is 6.58. The van der Waals surface area contributed by atoms with E-state index in [1.807, 2.05) is 47.9 Å². The minimum atomic E-state index is -0.136. The number of imidazole rings is 1. The van der Waals surface area contributed by atoms with Gasteiger partial charge in [0.2, 0.25) is 0 Å². The van der Waals surface area contributed by atoms with Gasteiger partial charge in [-0.15, -0.1) is 0 Å². The molecule has 0 spiro atoms. The van der Waals surface area contributed by atoms with Crippen LogP contribution in [0.3, 0.4) is 0 Å². The van der Waals surface area contributed by atoms with E-state index in [0.29, 0.717) is 28.7 Å². The fourth-order valence-corrected chi connectivity index (χ4v) is 5.44. The molecular formula is C29H33ClN6O2. The maximum absolute atomic E-state index is 13.7. The third kappa shape index (κ3) is 5.45. The molecule has 0 aliphatic heterocycles. The second-order valence-electron chi connectivity index (χ2n) is 10.4. The smallest absolute Gasteiger partial charge is 0.333 e. The number of aromatic nitrogens is 4. The lowest BCUT2D eigenvalue weighted by Crippen LogP contribution is -2.39. The van der Waals surface area contributed by atoms with Crippen LogP contribution >= 0.6 is 11.6 Å². The van der Waals surface area contributed by atoms with Gasteiger partial charge in [-0.3, -0.25) is 18.9 Å². The van der Waals surface area contributed by atoms with Gasteiger partial charge < -0.3 is 10.6 Å². The predicted octanol–water partition coefficient (Wildman–Crippen LogP) is 5.35. The number of fused-ring (bicyclic) bond motifs is 1. The lowest BCUT2D eigenvalue weighted by molar-refractivity contribution is 0.0919. The number of hydrogen-bond donors (Lipinski definition) is 2. The zero-order valence-electron chi connectivity index (χ0n) is 21.9. The van der Waals surface area contributed by atoms with E-state index in [0.717, 1.165) is 48.2 Å². The van der Waals surface area contributed by atoms with Crippen LogP contribution in [0.25, 0.3) is 16.7 Å². The van der Waals surface area contributed by atoms with Gasteiger partial charge in [-0.05, 0) is 82.7 Å². The highest BCUT2D eigenvalue weighted by molar-refractivity contribution is 6.30. The summed E-state index contributed by atoms with van der Waals surface area (Å²) in [5.41, 5.74) is 3.66. The Labute approximate surface area is 227 Å². The molecule has 1 aliphatic rings. The van der Waals surface area contributed by atoms with Crippen molar-refractivity contribution in [3.05, 3.63) is 81.6 Å². The van der Waals surface area contributed by atoms with E-state index < -0.39 is 0 Å². The molecule has 1 saturated carbocycles. The van der Waals surface area contributed by atoms with Gasteiger partial charge in [0.05, 0.1) is 39.2 Å². The summed E-state index contributed by atoms with van der Waals surface area (Å²) in [5, 5.41) is 6.89. The number of nitrogens with zero attached hydrogens (tertiary/aromatic N) is 4. The van der Waals surface area contributed by atoms with Crippen LogP contribution in [0.5, 0.6) is 0 Å². The fraction of sp³-hybridized carbons (Fsp3) is 0.379. The molecule has 1 aromatic carbocycles. The topological polar surface area (TPSA) is 93.8 Å². The van der Waals surface area contributed by atoms with Crippen LogP contribution < -0.4 is 16.3 Å². The molecule has 9 heteroatoms. The number of rotatable bonds is 7. The van der Waals surface area contributed by atoms with Crippen LogP contribution in [-0.2, 0) is 6.54 Å². The van der Waals surface area contributed by atoms with Crippen molar-refractivity contribution in [2.24, 2.45) is 5.92 Å². The summed E-state index contributed by atoms with van der Waals surface area (Å²) in [5.74, 6) is 1.00. The van der Waals surface area contributed by atoms with Crippen molar-refractivity contribution >= 4 is 34.4 Å². The molecule has 0 saturated heterocycles. The number of para-hydroxylation sites is 2. The molecule has 4 aromatic rings. The van der Waals surface area contributed by atoms with Crippen LogP contribution in [0.1, 0.15) is 55.6 Å². The molecule has 1 fully saturated rings. The third-order valence-electron chi connectivity index (χ3n) is 7.20. The second-order valence-corrected chi connectivity index (χ2v) is 10.8. The molecule has 0 radical (unpaired) electrons. The molecule has 198 valence electrons. The number of hydrogen-bond acceptors (Lipinski definition) is 5. The van der Waals surface area contributed by atoms with Crippen molar-refractivity contribution in [1.29, 1.82) is 0 Å². The highest BCUT2D eigenvalue weighted by Crippen LogP contribution is 2.28. The molecular weight excluding hydrogens is 500 g/mol. The van der Waals surface area contributed by atoms with Gasteiger partial charge in [-0.25, -0.2) is 9.78 Å². The van der Waals surface area contributed by atoms with Crippen molar-refractivity contribution in [3.8, 4) is 5.69 Å². The molecule has 0 atom stereocenters. The van der Waals surface area contributed by atoms with E-state index in [1.165, 1.54) is 0 Å². The van der Waals surface area contributed by atoms with Crippen LogP contribution in [0.4, 0.5) is 5.82 Å². The first kappa shape index (κ1) is 26.0. The Morgan fingerprint density at radius 2 is 1.79 bits per heavy atom. The Bertz CT molecular complexity index is 1500. The van der Waals surface area contributed by atoms with Gasteiger partial charge >= 0.3 is 5.69 Å². The number of carbonyl (C=O) groups is 1. The Morgan fingerprint density at radius 3 is 2.47 bits per heavy atom. The quantitative estimate of drug-likeness (QED) is 0.334. The summed E-state index contributed by atoms with van der Waals surface area (Å²) in [6.07, 6.45) is 6.89. The third-order valence-corrected chi connectivity index (χ3v) is 7.41. The summed E-state index contributed by atoms with van der Waals surface area (Å²) >= 11 is 6.04. The predicted molar refractivity (Wildman–Crippen MR) is 151 cm³/mol. The largest absolute Gasteiger partial charge is 0.368 e. The van der Waals surface area contributed by atoms with Crippen LogP contribution in [0, 0.1) is 12.8 Å². The monoisotopic (exact) mass is 532 g/mol. The zero-order valence-corrected chi connectivity index (χ0v) is 22.7. The van der Waals surface area contributed by atoms with E-state index in [2.05, 4.69) is 34.4 Å². The summed E-state index contributed by atoms with van der Waals surface area (Å²) in [4.78, 5) is 35.1. The summed E-state index contributed by atoms with van der Waals surface area (Å²) < 4.78 is 3.63. The highest BCUT2D eigenvalue weighted by Gasteiger charge is 2.25. The van der Waals surface area contributed by atoms with E-state index >= 15 is 0 Å². The van der Waals surface area contributed by atoms with Gasteiger partial charge in [0.1, 0.15) is 5.82 Å². The van der Waals surface area contributed by atoms with E-state index in [4.69, 9.17) is 11.6 Å². The number of carbonyl (C=O) groups excluding carboxylic acids is 1. The number of halogens is 1. The van der Waals surface area contributed by atoms with Crippen LogP contribution in [-0.4, -0.2) is 37.1 Å². The number of nitrogens with one attached hydrogen (secondary N) is 2. The Morgan fingerprint density at radius 1 is 1.05 bits per heavy atom. The zero-order chi connectivity index (χ0) is 26.8. The number of aryl methyl sites for hydroxylation is 1. The molecule has 1 amide bonds. The Balaban J connectivity index is 1.30. The molecule has 5 rings (SSSR count). The number of benzene rings is 1. The Hall–Kier alpha value is -3.65. The van der Waals surface area contributed by atoms with Crippen LogP contribution in [0.15, 0.2) is 59.7 Å². The highest BCUT2D eigenvalue weighted by atomic mass is 35.5. The van der Waals surface area contributed by atoms with Gasteiger partial charge in [0.15, 0.2) is 0 Å². The first-order valence-corrected chi connectivity index (χ1v) is 13.5. The number of pyridine rings is 2. The number of anilines is 1. The molecule has 38 heavy (non-hydrogen) atoms. The average Bonchev–Trinajstić information content (AvgIpc) is 3.17. The van der Waals surface area contributed by atoms with Gasteiger partial charge in [-0.2, -0.15) is 0 Å². The normalized spacial score (nSPS) is 17.6. The van der Waals surface area contributed by atoms with Crippen molar-refractivity contribution in [2.75, 3.05) is 5.32 Å². The number of amides is 1. The first-order valence-electron chi connectivity index (χ1n) is 13.2. The van der Waals surface area contributed by atoms with Gasteiger partial charge in [0, 0.05) is 24.8 Å². The lowest BCUT2D eigenvalue weighted by atomic mass is 9.85. The molecule has 1 aliphatic carbocycles. The molecule has 0 unspecified atom stereocenters. The standard InChI is InChI=1S/C29H33ClN6O2/c1-18(2)33-27-13-12-23(16-32-27)36-26-7-5-4-6-25(26)35(29(36)38)17-20-8-10-22(11-9-20)34-28(37)24-14-21(30)15-31-19(24)3/h4-7,12-16,18,20,22H,8-11,17H2,1-3H3,(H,32,33)(H,34,37)/t20-,22-. The van der Waals surface area contributed by atoms with Crippen molar-refractivity contribution in [2.45, 2.75) is 65.1 Å². The van der Waals surface area contributed by atoms with Crippen LogP contribution in [0.2, 0.25) is 5.02 Å². The Kier molecular flexibility index (Phi) is 7.51. The van der Waals surface area contributed by atoms with E-state index in [-0.39, 0.29) is 23.7 Å². The van der Waals surface area contributed by atoms with Gasteiger partial charge in [-0.1, -0.05) is 23.7 Å². The molecule has 8 nitrogen and oxygen atoms in total. The van der Waals surface area contributed by atoms with Crippen molar-refractivity contribution in [1.82, 2.24) is 24.4 Å². The summed E-state index contributed by atoms with van der Waals surface area (Å²) in [7, 11) is 0. The summed E-state index contributed by atoms with van der Waals surface area (Å²) in [6, 6.07) is 13.8. The molecule has 3 aromatic heterocycles. The van der Waals surface area contributed by atoms with Crippen molar-refractivity contribution in [3.63, 3.8) is 0 Å². The molecule has 3 heterocycles. The van der Waals surface area contributed by atoms with E-state index in [9.17, 15) is 9.59 Å². The SMILES string of the molecule is Cc1ncc(Cl)cc1C(=O)N[C@H]1CC[C@H](Cn2c(=O)n(-c3ccc(NC(C)C)nc3)c3ccccc32)CC1. The fourth-order valence-electron chi connectivity index (χ4n) is 5.28. The van der Waals surface area contributed by atoms with E-state index in [1.54, 1.807) is 23.0 Å². The maximum Gasteiger partial charge on any atom is 0.333 e. The minimum Gasteiger partial charge on any atom is -0.368 e. The average molecular weight is 533 g/mol. The molecule has 0 bridgehead atoms. The second kappa shape index (κ2) is 11.0. The molecule has 2 N–H and O–H groups in total. The first-order chi connectivity index (χ1) is 18.3.